The fraction of sp³-hybridized carbons (Fsp3) is 0.348. The van der Waals surface area contributed by atoms with Crippen LogP contribution in [0.1, 0.15) is 25.6 Å². The molecule has 0 aliphatic carbocycles. The molecule has 4 rings (SSSR count). The van der Waals surface area contributed by atoms with Crippen LogP contribution in [0.4, 0.5) is 11.4 Å². The van der Waals surface area contributed by atoms with Gasteiger partial charge in [-0.05, 0) is 49.7 Å². The highest BCUT2D eigenvalue weighted by atomic mass is 35.5. The maximum atomic E-state index is 12.9. The maximum absolute atomic E-state index is 12.9. The molecule has 1 saturated heterocycles. The quantitative estimate of drug-likeness (QED) is 0.616. The van der Waals surface area contributed by atoms with E-state index in [1.807, 2.05) is 25.1 Å². The number of carbonyl (C=O) groups excluding carboxylic acids is 2. The van der Waals surface area contributed by atoms with Crippen LogP contribution >= 0.6 is 11.6 Å². The van der Waals surface area contributed by atoms with E-state index in [1.54, 1.807) is 23.1 Å². The summed E-state index contributed by atoms with van der Waals surface area (Å²) in [5.74, 6) is 0.766. The van der Waals surface area contributed by atoms with Crippen LogP contribution in [0, 0.1) is 12.8 Å². The van der Waals surface area contributed by atoms with Crippen molar-refractivity contribution in [2.75, 3.05) is 23.9 Å². The van der Waals surface area contributed by atoms with Crippen LogP contribution < -0.4 is 15.0 Å². The number of hydrogen-bond donors (Lipinski definition) is 1. The highest BCUT2D eigenvalue weighted by Crippen LogP contribution is 2.32. The van der Waals surface area contributed by atoms with Gasteiger partial charge < -0.3 is 19.5 Å². The van der Waals surface area contributed by atoms with E-state index < -0.39 is 5.92 Å². The first-order valence-corrected chi connectivity index (χ1v) is 10.7. The number of ether oxygens (including phenoxy) is 1. The zero-order valence-electron chi connectivity index (χ0n) is 17.8. The third kappa shape index (κ3) is 4.10. The van der Waals surface area contributed by atoms with Gasteiger partial charge in [0.2, 0.25) is 11.8 Å². The minimum atomic E-state index is -0.441. The number of aromatic nitrogens is 2. The molecule has 1 aromatic heterocycles. The van der Waals surface area contributed by atoms with E-state index in [0.717, 1.165) is 29.8 Å². The molecular formula is C23H25ClN4O3. The summed E-state index contributed by atoms with van der Waals surface area (Å²) in [7, 11) is 1.54. The third-order valence-corrected chi connectivity index (χ3v) is 5.89. The molecule has 1 aliphatic heterocycles. The van der Waals surface area contributed by atoms with Crippen LogP contribution in [-0.4, -0.2) is 35.0 Å². The number of fused-ring (bicyclic) bond motifs is 1. The van der Waals surface area contributed by atoms with Crippen molar-refractivity contribution in [3.05, 3.63) is 47.2 Å². The van der Waals surface area contributed by atoms with Gasteiger partial charge in [0.15, 0.2) is 0 Å². The van der Waals surface area contributed by atoms with E-state index >= 15 is 0 Å². The zero-order chi connectivity index (χ0) is 22.1. The SMILES string of the molecule is CCCn1c(C)nc2cc(NC(=O)C3CC(=O)N(c4ccc(OC)c(Cl)c4)C3)ccc21. The molecule has 1 fully saturated rings. The highest BCUT2D eigenvalue weighted by Gasteiger charge is 2.35. The molecule has 2 amide bonds. The fourth-order valence-electron chi connectivity index (χ4n) is 4.03. The Balaban J connectivity index is 1.48. The second-order valence-electron chi connectivity index (χ2n) is 7.73. The van der Waals surface area contributed by atoms with Gasteiger partial charge in [-0.25, -0.2) is 4.98 Å². The number of halogens is 1. The minimum Gasteiger partial charge on any atom is -0.495 e. The van der Waals surface area contributed by atoms with Crippen LogP contribution in [0.25, 0.3) is 11.0 Å². The first-order valence-electron chi connectivity index (χ1n) is 10.3. The molecule has 0 spiro atoms. The number of rotatable bonds is 6. The van der Waals surface area contributed by atoms with Crippen LogP contribution in [0.15, 0.2) is 36.4 Å². The van der Waals surface area contributed by atoms with E-state index in [1.165, 1.54) is 7.11 Å². The van der Waals surface area contributed by atoms with Gasteiger partial charge in [-0.2, -0.15) is 0 Å². The normalized spacial score (nSPS) is 16.2. The molecule has 1 N–H and O–H groups in total. The van der Waals surface area contributed by atoms with Crippen LogP contribution in [0.5, 0.6) is 5.75 Å². The average molecular weight is 441 g/mol. The molecule has 3 aromatic rings. The first kappa shape index (κ1) is 21.2. The number of carbonyl (C=O) groups is 2. The summed E-state index contributed by atoms with van der Waals surface area (Å²) in [5.41, 5.74) is 3.23. The van der Waals surface area contributed by atoms with Crippen LogP contribution in [-0.2, 0) is 16.1 Å². The number of anilines is 2. The molecule has 1 atom stereocenters. The van der Waals surface area contributed by atoms with Crippen molar-refractivity contribution < 1.29 is 14.3 Å². The molecule has 162 valence electrons. The smallest absolute Gasteiger partial charge is 0.229 e. The first-order chi connectivity index (χ1) is 14.9. The van der Waals surface area contributed by atoms with E-state index in [2.05, 4.69) is 21.8 Å². The monoisotopic (exact) mass is 440 g/mol. The van der Waals surface area contributed by atoms with Gasteiger partial charge in [-0.15, -0.1) is 0 Å². The number of amides is 2. The van der Waals surface area contributed by atoms with Crippen molar-refractivity contribution in [3.8, 4) is 5.75 Å². The molecule has 31 heavy (non-hydrogen) atoms. The van der Waals surface area contributed by atoms with E-state index in [0.29, 0.717) is 28.7 Å². The number of nitrogens with zero attached hydrogens (tertiary/aromatic N) is 3. The summed E-state index contributed by atoms with van der Waals surface area (Å²) >= 11 is 6.19. The summed E-state index contributed by atoms with van der Waals surface area (Å²) in [6.45, 7) is 5.33. The van der Waals surface area contributed by atoms with Gasteiger partial charge in [0.05, 0.1) is 29.1 Å². The van der Waals surface area contributed by atoms with Gasteiger partial charge in [0, 0.05) is 30.9 Å². The van der Waals surface area contributed by atoms with Crippen molar-refractivity contribution >= 4 is 45.8 Å². The highest BCUT2D eigenvalue weighted by molar-refractivity contribution is 6.32. The Labute approximate surface area is 186 Å². The van der Waals surface area contributed by atoms with Crippen molar-refractivity contribution in [2.24, 2.45) is 5.92 Å². The fourth-order valence-corrected chi connectivity index (χ4v) is 4.29. The topological polar surface area (TPSA) is 76.5 Å². The predicted molar refractivity (Wildman–Crippen MR) is 122 cm³/mol. The molecule has 0 saturated carbocycles. The number of methoxy groups -OCH3 is 1. The van der Waals surface area contributed by atoms with Gasteiger partial charge in [0.25, 0.3) is 0 Å². The summed E-state index contributed by atoms with van der Waals surface area (Å²) in [6, 6.07) is 10.9. The molecule has 8 heteroatoms. The Hall–Kier alpha value is -3.06. The van der Waals surface area contributed by atoms with Crippen LogP contribution in [0.3, 0.4) is 0 Å². The number of hydrogen-bond acceptors (Lipinski definition) is 4. The average Bonchev–Trinajstić information content (AvgIpc) is 3.28. The predicted octanol–water partition coefficient (Wildman–Crippen LogP) is 4.41. The molecule has 2 heterocycles. The van der Waals surface area contributed by atoms with Gasteiger partial charge in [-0.3, -0.25) is 9.59 Å². The molecule has 0 radical (unpaired) electrons. The van der Waals surface area contributed by atoms with Gasteiger partial charge in [0.1, 0.15) is 11.6 Å². The maximum Gasteiger partial charge on any atom is 0.229 e. The zero-order valence-corrected chi connectivity index (χ0v) is 18.6. The van der Waals surface area contributed by atoms with Crippen LogP contribution in [0.2, 0.25) is 5.02 Å². The van der Waals surface area contributed by atoms with Gasteiger partial charge >= 0.3 is 0 Å². The Bertz CT molecular complexity index is 1160. The summed E-state index contributed by atoms with van der Waals surface area (Å²) in [5, 5.41) is 3.37. The van der Waals surface area contributed by atoms with E-state index in [-0.39, 0.29) is 18.2 Å². The van der Waals surface area contributed by atoms with Crippen molar-refractivity contribution in [2.45, 2.75) is 33.2 Å². The molecule has 7 nitrogen and oxygen atoms in total. The molecule has 2 aromatic carbocycles. The van der Waals surface area contributed by atoms with Crippen molar-refractivity contribution in [1.82, 2.24) is 9.55 Å². The standard InChI is InChI=1S/C23H25ClN4O3/c1-4-9-27-14(2)25-19-11-16(5-7-20(19)27)26-23(30)15-10-22(29)28(13-15)17-6-8-21(31-3)18(24)12-17/h5-8,11-12,15H,4,9-10,13H2,1-3H3,(H,26,30). The van der Waals surface area contributed by atoms with Crippen molar-refractivity contribution in [3.63, 3.8) is 0 Å². The largest absolute Gasteiger partial charge is 0.495 e. The van der Waals surface area contributed by atoms with E-state index in [4.69, 9.17) is 16.3 Å². The number of nitrogens with one attached hydrogen (secondary N) is 1. The molecule has 0 bridgehead atoms. The lowest BCUT2D eigenvalue weighted by Crippen LogP contribution is -2.28. The Morgan fingerprint density at radius 2 is 2.10 bits per heavy atom. The Kier molecular flexibility index (Phi) is 5.87. The summed E-state index contributed by atoms with van der Waals surface area (Å²) < 4.78 is 7.34. The van der Waals surface area contributed by atoms with Crippen molar-refractivity contribution in [1.29, 1.82) is 0 Å². The Morgan fingerprint density at radius 3 is 2.81 bits per heavy atom. The lowest BCUT2D eigenvalue weighted by molar-refractivity contribution is -0.122. The van der Waals surface area contributed by atoms with Gasteiger partial charge in [-0.1, -0.05) is 18.5 Å². The summed E-state index contributed by atoms with van der Waals surface area (Å²) in [6.07, 6.45) is 1.18. The Morgan fingerprint density at radius 1 is 1.29 bits per heavy atom. The second kappa shape index (κ2) is 8.59. The lowest BCUT2D eigenvalue weighted by Gasteiger charge is -2.18. The second-order valence-corrected chi connectivity index (χ2v) is 8.13. The third-order valence-electron chi connectivity index (χ3n) is 5.60. The number of benzene rings is 2. The number of aryl methyl sites for hydroxylation is 2. The molecule has 1 aliphatic rings. The summed E-state index contributed by atoms with van der Waals surface area (Å²) in [4.78, 5) is 31.6. The lowest BCUT2D eigenvalue weighted by atomic mass is 10.1. The molecular weight excluding hydrogens is 416 g/mol. The number of imidazole rings is 1. The molecule has 1 unspecified atom stereocenters. The minimum absolute atomic E-state index is 0.106. The van der Waals surface area contributed by atoms with E-state index in [9.17, 15) is 9.59 Å².